The molecule has 0 amide bonds. The van der Waals surface area contributed by atoms with Crippen LogP contribution in [-0.4, -0.2) is 37.4 Å². The Morgan fingerprint density at radius 1 is 1.11 bits per heavy atom. The smallest absolute Gasteiger partial charge is 0.0692 e. The SMILES string of the molecule is CCC1(CC)CC(NC2CCCNCC2)CCO1. The zero-order valence-electron chi connectivity index (χ0n) is 12.1. The van der Waals surface area contributed by atoms with E-state index in [4.69, 9.17) is 4.74 Å². The molecule has 2 N–H and O–H groups in total. The molecule has 2 aliphatic heterocycles. The molecule has 106 valence electrons. The van der Waals surface area contributed by atoms with Crippen LogP contribution in [0.2, 0.25) is 0 Å². The molecule has 2 aliphatic rings. The van der Waals surface area contributed by atoms with Gasteiger partial charge in [-0.1, -0.05) is 13.8 Å². The van der Waals surface area contributed by atoms with Crippen LogP contribution in [0.4, 0.5) is 0 Å². The summed E-state index contributed by atoms with van der Waals surface area (Å²) >= 11 is 0. The number of hydrogen-bond donors (Lipinski definition) is 2. The minimum Gasteiger partial charge on any atom is -0.375 e. The second kappa shape index (κ2) is 6.88. The van der Waals surface area contributed by atoms with Crippen molar-refractivity contribution in [2.75, 3.05) is 19.7 Å². The van der Waals surface area contributed by atoms with Crippen molar-refractivity contribution in [2.24, 2.45) is 0 Å². The molecule has 3 nitrogen and oxygen atoms in total. The van der Waals surface area contributed by atoms with Gasteiger partial charge in [0, 0.05) is 18.7 Å². The minimum absolute atomic E-state index is 0.152. The van der Waals surface area contributed by atoms with Gasteiger partial charge in [0.05, 0.1) is 5.60 Å². The van der Waals surface area contributed by atoms with Gasteiger partial charge in [0.1, 0.15) is 0 Å². The zero-order chi connectivity index (χ0) is 12.8. The van der Waals surface area contributed by atoms with Crippen LogP contribution in [0.1, 0.15) is 58.8 Å². The summed E-state index contributed by atoms with van der Waals surface area (Å²) in [5.74, 6) is 0. The van der Waals surface area contributed by atoms with E-state index in [0.717, 1.165) is 25.5 Å². The van der Waals surface area contributed by atoms with Gasteiger partial charge in [0.2, 0.25) is 0 Å². The molecule has 2 heterocycles. The van der Waals surface area contributed by atoms with Crippen LogP contribution in [0.25, 0.3) is 0 Å². The van der Waals surface area contributed by atoms with Crippen molar-refractivity contribution in [1.82, 2.24) is 10.6 Å². The quantitative estimate of drug-likeness (QED) is 0.808. The third-order valence-electron chi connectivity index (χ3n) is 4.83. The predicted octanol–water partition coefficient (Wildman–Crippen LogP) is 2.46. The highest BCUT2D eigenvalue weighted by Gasteiger charge is 2.35. The summed E-state index contributed by atoms with van der Waals surface area (Å²) in [6.07, 6.45) is 8.60. The average Bonchev–Trinajstić information content (AvgIpc) is 2.67. The second-order valence-corrected chi connectivity index (χ2v) is 5.97. The highest BCUT2D eigenvalue weighted by Crippen LogP contribution is 2.31. The van der Waals surface area contributed by atoms with Crippen molar-refractivity contribution < 1.29 is 4.74 Å². The maximum absolute atomic E-state index is 6.06. The van der Waals surface area contributed by atoms with Crippen molar-refractivity contribution in [2.45, 2.75) is 76.5 Å². The zero-order valence-corrected chi connectivity index (χ0v) is 12.1. The third kappa shape index (κ3) is 3.69. The topological polar surface area (TPSA) is 33.3 Å². The first-order chi connectivity index (χ1) is 8.78. The standard InChI is InChI=1S/C15H30N2O/c1-3-15(4-2)12-14(8-11-18-15)17-13-6-5-9-16-10-7-13/h13-14,16-17H,3-12H2,1-2H3. The van der Waals surface area contributed by atoms with Crippen LogP contribution in [-0.2, 0) is 4.74 Å². The molecular weight excluding hydrogens is 224 g/mol. The van der Waals surface area contributed by atoms with Crippen molar-refractivity contribution in [3.63, 3.8) is 0 Å². The average molecular weight is 254 g/mol. The summed E-state index contributed by atoms with van der Waals surface area (Å²) in [7, 11) is 0. The van der Waals surface area contributed by atoms with Gasteiger partial charge in [-0.05, 0) is 58.0 Å². The van der Waals surface area contributed by atoms with Crippen LogP contribution in [0, 0.1) is 0 Å². The number of nitrogens with one attached hydrogen (secondary N) is 2. The normalized spacial score (nSPS) is 33.0. The Labute approximate surface area is 112 Å². The Bertz CT molecular complexity index is 233. The van der Waals surface area contributed by atoms with Gasteiger partial charge >= 0.3 is 0 Å². The van der Waals surface area contributed by atoms with E-state index < -0.39 is 0 Å². The number of hydrogen-bond acceptors (Lipinski definition) is 3. The first-order valence-corrected chi connectivity index (χ1v) is 7.89. The van der Waals surface area contributed by atoms with Crippen molar-refractivity contribution >= 4 is 0 Å². The Kier molecular flexibility index (Phi) is 5.46. The highest BCUT2D eigenvalue weighted by molar-refractivity contribution is 4.90. The highest BCUT2D eigenvalue weighted by atomic mass is 16.5. The molecule has 3 heteroatoms. The van der Waals surface area contributed by atoms with E-state index in [-0.39, 0.29) is 5.60 Å². The maximum atomic E-state index is 6.06. The summed E-state index contributed by atoms with van der Waals surface area (Å²) in [5, 5.41) is 7.39. The molecule has 2 unspecified atom stereocenters. The second-order valence-electron chi connectivity index (χ2n) is 5.97. The molecule has 0 aliphatic carbocycles. The molecule has 0 saturated carbocycles. The van der Waals surface area contributed by atoms with Crippen molar-refractivity contribution in [3.8, 4) is 0 Å². The predicted molar refractivity (Wildman–Crippen MR) is 75.9 cm³/mol. The van der Waals surface area contributed by atoms with E-state index in [9.17, 15) is 0 Å². The first kappa shape index (κ1) is 14.3. The van der Waals surface area contributed by atoms with Gasteiger partial charge in [0.15, 0.2) is 0 Å². The lowest BCUT2D eigenvalue weighted by atomic mass is 9.85. The molecular formula is C15H30N2O. The lowest BCUT2D eigenvalue weighted by Gasteiger charge is -2.41. The van der Waals surface area contributed by atoms with Crippen LogP contribution >= 0.6 is 0 Å². The van der Waals surface area contributed by atoms with Crippen LogP contribution in [0.15, 0.2) is 0 Å². The van der Waals surface area contributed by atoms with Crippen LogP contribution in [0.5, 0.6) is 0 Å². The molecule has 0 spiro atoms. The molecule has 0 radical (unpaired) electrons. The summed E-state index contributed by atoms with van der Waals surface area (Å²) < 4.78 is 6.06. The van der Waals surface area contributed by atoms with Gasteiger partial charge in [-0.15, -0.1) is 0 Å². The lowest BCUT2D eigenvalue weighted by molar-refractivity contribution is -0.0942. The molecule has 18 heavy (non-hydrogen) atoms. The van der Waals surface area contributed by atoms with Gasteiger partial charge < -0.3 is 15.4 Å². The van der Waals surface area contributed by atoms with E-state index in [0.29, 0.717) is 6.04 Å². The molecule has 0 aromatic carbocycles. The molecule has 0 aromatic heterocycles. The Morgan fingerprint density at radius 2 is 1.94 bits per heavy atom. The molecule has 0 aromatic rings. The number of ether oxygens (including phenoxy) is 1. The molecule has 2 saturated heterocycles. The van der Waals surface area contributed by atoms with Crippen LogP contribution in [0.3, 0.4) is 0 Å². The fourth-order valence-corrected chi connectivity index (χ4v) is 3.43. The van der Waals surface area contributed by atoms with E-state index in [1.807, 2.05) is 0 Å². The Hall–Kier alpha value is -0.120. The monoisotopic (exact) mass is 254 g/mol. The lowest BCUT2D eigenvalue weighted by Crippen LogP contribution is -2.49. The van der Waals surface area contributed by atoms with Gasteiger partial charge in [-0.25, -0.2) is 0 Å². The molecule has 0 bridgehead atoms. The summed E-state index contributed by atoms with van der Waals surface area (Å²) in [6, 6.07) is 1.39. The Balaban J connectivity index is 1.84. The molecule has 2 fully saturated rings. The van der Waals surface area contributed by atoms with Crippen LogP contribution < -0.4 is 10.6 Å². The maximum Gasteiger partial charge on any atom is 0.0692 e. The van der Waals surface area contributed by atoms with E-state index in [1.54, 1.807) is 0 Å². The summed E-state index contributed by atoms with van der Waals surface area (Å²) in [6.45, 7) is 7.83. The summed E-state index contributed by atoms with van der Waals surface area (Å²) in [4.78, 5) is 0. The number of rotatable bonds is 4. The van der Waals surface area contributed by atoms with Gasteiger partial charge in [-0.2, -0.15) is 0 Å². The minimum atomic E-state index is 0.152. The Morgan fingerprint density at radius 3 is 2.72 bits per heavy atom. The third-order valence-corrected chi connectivity index (χ3v) is 4.83. The fourth-order valence-electron chi connectivity index (χ4n) is 3.43. The van der Waals surface area contributed by atoms with Crippen molar-refractivity contribution in [1.29, 1.82) is 0 Å². The van der Waals surface area contributed by atoms with Gasteiger partial charge in [-0.3, -0.25) is 0 Å². The fraction of sp³-hybridized carbons (Fsp3) is 1.00. The molecule has 2 rings (SSSR count). The molecule has 2 atom stereocenters. The van der Waals surface area contributed by atoms with E-state index in [1.165, 1.54) is 45.2 Å². The summed E-state index contributed by atoms with van der Waals surface area (Å²) in [5.41, 5.74) is 0.152. The van der Waals surface area contributed by atoms with Crippen molar-refractivity contribution in [3.05, 3.63) is 0 Å². The van der Waals surface area contributed by atoms with Gasteiger partial charge in [0.25, 0.3) is 0 Å². The largest absolute Gasteiger partial charge is 0.375 e. The van der Waals surface area contributed by atoms with E-state index in [2.05, 4.69) is 24.5 Å². The van der Waals surface area contributed by atoms with E-state index >= 15 is 0 Å². The first-order valence-electron chi connectivity index (χ1n) is 7.89.